The number of fused-ring (bicyclic) bond motifs is 1. The van der Waals surface area contributed by atoms with Crippen molar-refractivity contribution >= 4 is 22.6 Å². The monoisotopic (exact) mass is 338 g/mol. The number of benzene rings is 2. The van der Waals surface area contributed by atoms with Crippen molar-refractivity contribution < 1.29 is 9.18 Å². The molecule has 1 fully saturated rings. The van der Waals surface area contributed by atoms with Gasteiger partial charge in [0, 0.05) is 44.4 Å². The van der Waals surface area contributed by atoms with Crippen LogP contribution in [0, 0.1) is 5.82 Å². The van der Waals surface area contributed by atoms with Crippen LogP contribution in [0.15, 0.2) is 42.5 Å². The summed E-state index contributed by atoms with van der Waals surface area (Å²) in [5.74, 6) is 0.590. The Morgan fingerprint density at radius 1 is 1.08 bits per heavy atom. The fourth-order valence-electron chi connectivity index (χ4n) is 3.23. The van der Waals surface area contributed by atoms with Gasteiger partial charge in [0.15, 0.2) is 0 Å². The van der Waals surface area contributed by atoms with Crippen molar-refractivity contribution in [2.24, 2.45) is 0 Å². The summed E-state index contributed by atoms with van der Waals surface area (Å²) in [5, 5.41) is 0. The summed E-state index contributed by atoms with van der Waals surface area (Å²) in [6, 6.07) is 12.7. The zero-order chi connectivity index (χ0) is 17.4. The van der Waals surface area contributed by atoms with Crippen LogP contribution in [-0.4, -0.2) is 47.0 Å². The van der Waals surface area contributed by atoms with Crippen molar-refractivity contribution in [3.05, 3.63) is 48.3 Å². The first-order valence-electron chi connectivity index (χ1n) is 8.36. The molecule has 1 saturated heterocycles. The summed E-state index contributed by atoms with van der Waals surface area (Å²) in [5.41, 5.74) is 3.54. The first-order chi connectivity index (χ1) is 12.1. The number of aromatic nitrogens is 2. The average Bonchev–Trinajstić information content (AvgIpc) is 3.05. The van der Waals surface area contributed by atoms with Gasteiger partial charge in [-0.2, -0.15) is 0 Å². The molecular weight excluding hydrogens is 319 g/mol. The van der Waals surface area contributed by atoms with Crippen molar-refractivity contribution in [1.29, 1.82) is 0 Å². The van der Waals surface area contributed by atoms with E-state index in [0.717, 1.165) is 48.8 Å². The quantitative estimate of drug-likeness (QED) is 0.781. The maximum atomic E-state index is 13.3. The standard InChI is InChI=1S/C19H19FN4O/c1-13(25)23-8-10-24(11-9-23)16-5-2-14(3-6-16)19-21-17-7-4-15(20)12-18(17)22-19/h2-7,12H,8-11H2,1H3,(H,21,22). The average molecular weight is 338 g/mol. The number of halogens is 1. The molecule has 1 aliphatic heterocycles. The van der Waals surface area contributed by atoms with E-state index in [-0.39, 0.29) is 11.7 Å². The van der Waals surface area contributed by atoms with Crippen LogP contribution in [0.5, 0.6) is 0 Å². The van der Waals surface area contributed by atoms with Gasteiger partial charge < -0.3 is 14.8 Å². The number of nitrogens with one attached hydrogen (secondary N) is 1. The van der Waals surface area contributed by atoms with Crippen LogP contribution in [0.2, 0.25) is 0 Å². The van der Waals surface area contributed by atoms with Gasteiger partial charge in [-0.3, -0.25) is 4.79 Å². The van der Waals surface area contributed by atoms with Gasteiger partial charge in [0.2, 0.25) is 5.91 Å². The lowest BCUT2D eigenvalue weighted by Crippen LogP contribution is -2.48. The second-order valence-corrected chi connectivity index (χ2v) is 6.29. The lowest BCUT2D eigenvalue weighted by Gasteiger charge is -2.35. The third kappa shape index (κ3) is 3.07. The molecule has 2 aromatic carbocycles. The van der Waals surface area contributed by atoms with Crippen LogP contribution < -0.4 is 4.90 Å². The number of carbonyl (C=O) groups excluding carboxylic acids is 1. The Bertz CT molecular complexity index is 911. The molecule has 5 nitrogen and oxygen atoms in total. The van der Waals surface area contributed by atoms with Crippen molar-refractivity contribution in [3.8, 4) is 11.4 Å². The molecule has 3 aromatic rings. The van der Waals surface area contributed by atoms with Gasteiger partial charge in [0.25, 0.3) is 0 Å². The Morgan fingerprint density at radius 2 is 1.80 bits per heavy atom. The zero-order valence-electron chi connectivity index (χ0n) is 14.0. The number of rotatable bonds is 2. The molecular formula is C19H19FN4O. The van der Waals surface area contributed by atoms with E-state index in [2.05, 4.69) is 27.0 Å². The van der Waals surface area contributed by atoms with Crippen LogP contribution in [-0.2, 0) is 4.79 Å². The third-order valence-electron chi connectivity index (χ3n) is 4.67. The Morgan fingerprint density at radius 3 is 2.48 bits per heavy atom. The van der Waals surface area contributed by atoms with Crippen LogP contribution in [0.4, 0.5) is 10.1 Å². The van der Waals surface area contributed by atoms with E-state index in [1.54, 1.807) is 13.0 Å². The number of hydrogen-bond donors (Lipinski definition) is 1. The van der Waals surface area contributed by atoms with Crippen LogP contribution in [0.3, 0.4) is 0 Å². The van der Waals surface area contributed by atoms with E-state index in [1.807, 2.05) is 17.0 Å². The molecule has 1 amide bonds. The number of anilines is 1. The smallest absolute Gasteiger partial charge is 0.219 e. The number of amides is 1. The number of carbonyl (C=O) groups is 1. The molecule has 2 heterocycles. The van der Waals surface area contributed by atoms with E-state index in [1.165, 1.54) is 12.1 Å². The Kier molecular flexibility index (Phi) is 3.87. The predicted molar refractivity (Wildman–Crippen MR) is 96.0 cm³/mol. The minimum Gasteiger partial charge on any atom is -0.368 e. The minimum absolute atomic E-state index is 0.135. The molecule has 0 unspecified atom stereocenters. The minimum atomic E-state index is -0.275. The molecule has 0 bridgehead atoms. The number of imidazole rings is 1. The molecule has 4 rings (SSSR count). The SMILES string of the molecule is CC(=O)N1CCN(c2ccc(-c3nc4ccc(F)cc4[nH]3)cc2)CC1. The number of hydrogen-bond acceptors (Lipinski definition) is 3. The van der Waals surface area contributed by atoms with Crippen LogP contribution in [0.1, 0.15) is 6.92 Å². The van der Waals surface area contributed by atoms with Gasteiger partial charge in [-0.25, -0.2) is 9.37 Å². The fourth-order valence-corrected chi connectivity index (χ4v) is 3.23. The highest BCUT2D eigenvalue weighted by Gasteiger charge is 2.18. The molecule has 1 N–H and O–H groups in total. The lowest BCUT2D eigenvalue weighted by atomic mass is 10.1. The van der Waals surface area contributed by atoms with E-state index in [4.69, 9.17) is 0 Å². The van der Waals surface area contributed by atoms with E-state index in [9.17, 15) is 9.18 Å². The van der Waals surface area contributed by atoms with Gasteiger partial charge in [0.05, 0.1) is 11.0 Å². The van der Waals surface area contributed by atoms with Gasteiger partial charge in [-0.15, -0.1) is 0 Å². The van der Waals surface area contributed by atoms with Crippen molar-refractivity contribution in [1.82, 2.24) is 14.9 Å². The molecule has 0 radical (unpaired) electrons. The molecule has 1 aromatic heterocycles. The largest absolute Gasteiger partial charge is 0.368 e. The van der Waals surface area contributed by atoms with Gasteiger partial charge >= 0.3 is 0 Å². The third-order valence-corrected chi connectivity index (χ3v) is 4.67. The highest BCUT2D eigenvalue weighted by molar-refractivity contribution is 5.79. The summed E-state index contributed by atoms with van der Waals surface area (Å²) in [6.45, 7) is 4.80. The Labute approximate surface area is 145 Å². The zero-order valence-corrected chi connectivity index (χ0v) is 14.0. The number of nitrogens with zero attached hydrogens (tertiary/aromatic N) is 3. The second kappa shape index (κ2) is 6.20. The van der Waals surface area contributed by atoms with Crippen molar-refractivity contribution in [2.75, 3.05) is 31.1 Å². The highest BCUT2D eigenvalue weighted by atomic mass is 19.1. The van der Waals surface area contributed by atoms with Crippen molar-refractivity contribution in [3.63, 3.8) is 0 Å². The summed E-state index contributed by atoms with van der Waals surface area (Å²) < 4.78 is 13.3. The van der Waals surface area contributed by atoms with E-state index in [0.29, 0.717) is 5.52 Å². The topological polar surface area (TPSA) is 52.2 Å². The Balaban J connectivity index is 1.52. The van der Waals surface area contributed by atoms with Gasteiger partial charge in [-0.1, -0.05) is 0 Å². The summed E-state index contributed by atoms with van der Waals surface area (Å²) in [6.07, 6.45) is 0. The Hall–Kier alpha value is -2.89. The molecule has 0 atom stereocenters. The van der Waals surface area contributed by atoms with Crippen LogP contribution >= 0.6 is 0 Å². The summed E-state index contributed by atoms with van der Waals surface area (Å²) >= 11 is 0. The fraction of sp³-hybridized carbons (Fsp3) is 0.263. The highest BCUT2D eigenvalue weighted by Crippen LogP contribution is 2.24. The first kappa shape index (κ1) is 15.6. The normalized spacial score (nSPS) is 15.0. The molecule has 128 valence electrons. The number of piperazine rings is 1. The molecule has 6 heteroatoms. The van der Waals surface area contributed by atoms with E-state index < -0.39 is 0 Å². The van der Waals surface area contributed by atoms with Gasteiger partial charge in [-0.05, 0) is 42.5 Å². The molecule has 25 heavy (non-hydrogen) atoms. The first-order valence-corrected chi connectivity index (χ1v) is 8.36. The molecule has 0 aliphatic carbocycles. The van der Waals surface area contributed by atoms with Crippen LogP contribution in [0.25, 0.3) is 22.4 Å². The summed E-state index contributed by atoms with van der Waals surface area (Å²) in [4.78, 5) is 23.2. The molecule has 0 saturated carbocycles. The lowest BCUT2D eigenvalue weighted by molar-refractivity contribution is -0.129. The predicted octanol–water partition coefficient (Wildman–Crippen LogP) is 3.04. The van der Waals surface area contributed by atoms with E-state index >= 15 is 0 Å². The number of aromatic amines is 1. The molecule has 1 aliphatic rings. The molecule has 0 spiro atoms. The maximum Gasteiger partial charge on any atom is 0.219 e. The summed E-state index contributed by atoms with van der Waals surface area (Å²) in [7, 11) is 0. The number of H-pyrrole nitrogens is 1. The second-order valence-electron chi connectivity index (χ2n) is 6.29. The van der Waals surface area contributed by atoms with Gasteiger partial charge in [0.1, 0.15) is 11.6 Å². The maximum absolute atomic E-state index is 13.3. The van der Waals surface area contributed by atoms with Crippen molar-refractivity contribution in [2.45, 2.75) is 6.92 Å².